The van der Waals surface area contributed by atoms with Gasteiger partial charge in [0.05, 0.1) is 5.60 Å². The molecule has 1 rings (SSSR count). The molecule has 1 amide bonds. The van der Waals surface area contributed by atoms with Crippen molar-refractivity contribution in [3.63, 3.8) is 0 Å². The lowest BCUT2D eigenvalue weighted by atomic mass is 9.76. The fourth-order valence-corrected chi connectivity index (χ4v) is 2.69. The van der Waals surface area contributed by atoms with E-state index in [4.69, 9.17) is 5.73 Å². The Labute approximate surface area is 104 Å². The van der Waals surface area contributed by atoms with E-state index in [-0.39, 0.29) is 23.8 Å². The van der Waals surface area contributed by atoms with Crippen molar-refractivity contribution in [2.75, 3.05) is 13.6 Å². The molecule has 1 aliphatic rings. The van der Waals surface area contributed by atoms with Gasteiger partial charge in [-0.2, -0.15) is 0 Å². The minimum Gasteiger partial charge on any atom is -0.389 e. The third kappa shape index (κ3) is 3.96. The van der Waals surface area contributed by atoms with Gasteiger partial charge in [-0.15, -0.1) is 0 Å². The highest BCUT2D eigenvalue weighted by molar-refractivity contribution is 5.79. The first-order valence-corrected chi connectivity index (χ1v) is 6.45. The predicted octanol–water partition coefficient (Wildman–Crippen LogP) is 0.979. The van der Waals surface area contributed by atoms with Gasteiger partial charge in [-0.25, -0.2) is 0 Å². The first-order chi connectivity index (χ1) is 7.72. The smallest absolute Gasteiger partial charge is 0.225 e. The van der Waals surface area contributed by atoms with Crippen LogP contribution >= 0.6 is 0 Å². The highest BCUT2D eigenvalue weighted by Gasteiger charge is 2.35. The fraction of sp³-hybridized carbons (Fsp3) is 0.923. The second-order valence-electron chi connectivity index (χ2n) is 6.07. The minimum atomic E-state index is -0.843. The molecule has 0 aromatic carbocycles. The number of rotatable bonds is 3. The van der Waals surface area contributed by atoms with E-state index < -0.39 is 5.60 Å². The monoisotopic (exact) mass is 242 g/mol. The Morgan fingerprint density at radius 2 is 2.06 bits per heavy atom. The molecule has 0 aromatic heterocycles. The number of aliphatic hydroxyl groups is 1. The first kappa shape index (κ1) is 14.5. The molecule has 1 saturated carbocycles. The van der Waals surface area contributed by atoms with E-state index in [2.05, 4.69) is 6.92 Å². The van der Waals surface area contributed by atoms with Crippen molar-refractivity contribution in [2.45, 2.75) is 51.7 Å². The number of carbonyl (C=O) groups is 1. The van der Waals surface area contributed by atoms with E-state index in [1.54, 1.807) is 25.8 Å². The van der Waals surface area contributed by atoms with Crippen LogP contribution in [0, 0.1) is 11.8 Å². The summed E-state index contributed by atoms with van der Waals surface area (Å²) in [5.41, 5.74) is 5.17. The highest BCUT2D eigenvalue weighted by Crippen LogP contribution is 2.30. The van der Waals surface area contributed by atoms with Gasteiger partial charge in [0.2, 0.25) is 5.91 Å². The fourth-order valence-electron chi connectivity index (χ4n) is 2.69. The Hall–Kier alpha value is -0.610. The van der Waals surface area contributed by atoms with E-state index >= 15 is 0 Å². The van der Waals surface area contributed by atoms with Crippen LogP contribution in [0.15, 0.2) is 0 Å². The van der Waals surface area contributed by atoms with E-state index in [1.165, 1.54) is 0 Å². The summed E-state index contributed by atoms with van der Waals surface area (Å²) in [4.78, 5) is 13.9. The first-order valence-electron chi connectivity index (χ1n) is 6.45. The topological polar surface area (TPSA) is 66.6 Å². The van der Waals surface area contributed by atoms with Crippen LogP contribution in [0.1, 0.15) is 40.0 Å². The maximum atomic E-state index is 12.3. The van der Waals surface area contributed by atoms with Gasteiger partial charge in [0.25, 0.3) is 0 Å². The Kier molecular flexibility index (Phi) is 4.55. The van der Waals surface area contributed by atoms with Crippen molar-refractivity contribution >= 4 is 5.91 Å². The zero-order valence-corrected chi connectivity index (χ0v) is 11.4. The Morgan fingerprint density at radius 1 is 1.47 bits per heavy atom. The lowest BCUT2D eigenvalue weighted by Gasteiger charge is -2.36. The molecule has 0 saturated heterocycles. The summed E-state index contributed by atoms with van der Waals surface area (Å²) < 4.78 is 0. The zero-order valence-electron chi connectivity index (χ0n) is 11.4. The molecule has 0 aliphatic heterocycles. The number of amides is 1. The molecule has 0 bridgehead atoms. The van der Waals surface area contributed by atoms with Gasteiger partial charge in [-0.1, -0.05) is 13.3 Å². The van der Waals surface area contributed by atoms with Crippen LogP contribution in [0.3, 0.4) is 0 Å². The molecule has 4 heteroatoms. The molecule has 100 valence electrons. The SMILES string of the molecule is CC1C(N)CCCC1C(=O)N(C)CC(C)(C)O. The average Bonchev–Trinajstić information content (AvgIpc) is 2.18. The Balaban J connectivity index is 2.62. The molecule has 3 unspecified atom stereocenters. The van der Waals surface area contributed by atoms with Crippen LogP contribution in [-0.4, -0.2) is 41.1 Å². The summed E-state index contributed by atoms with van der Waals surface area (Å²) in [6, 6.07) is 0.133. The standard InChI is InChI=1S/C13H26N2O2/c1-9-10(6-5-7-11(9)14)12(16)15(4)8-13(2,3)17/h9-11,17H,5-8,14H2,1-4H3. The Bertz CT molecular complexity index is 273. The zero-order chi connectivity index (χ0) is 13.2. The molecule has 1 fully saturated rings. The van der Waals surface area contributed by atoms with Crippen LogP contribution in [0.4, 0.5) is 0 Å². The second kappa shape index (κ2) is 5.36. The maximum absolute atomic E-state index is 12.3. The third-order valence-corrected chi connectivity index (χ3v) is 3.68. The number of hydrogen-bond donors (Lipinski definition) is 2. The van der Waals surface area contributed by atoms with Gasteiger partial charge in [0.15, 0.2) is 0 Å². The predicted molar refractivity (Wildman–Crippen MR) is 68.4 cm³/mol. The van der Waals surface area contributed by atoms with Crippen molar-refractivity contribution in [1.82, 2.24) is 4.90 Å². The molecular weight excluding hydrogens is 216 g/mol. The number of nitrogens with zero attached hydrogens (tertiary/aromatic N) is 1. The van der Waals surface area contributed by atoms with E-state index in [0.717, 1.165) is 19.3 Å². The minimum absolute atomic E-state index is 0.0195. The highest BCUT2D eigenvalue weighted by atomic mass is 16.3. The molecule has 0 aromatic rings. The molecule has 0 heterocycles. The number of carbonyl (C=O) groups excluding carboxylic acids is 1. The number of hydrogen-bond acceptors (Lipinski definition) is 3. The molecule has 0 radical (unpaired) electrons. The van der Waals surface area contributed by atoms with Crippen LogP contribution < -0.4 is 5.73 Å². The molecule has 4 nitrogen and oxygen atoms in total. The van der Waals surface area contributed by atoms with Crippen LogP contribution in [-0.2, 0) is 4.79 Å². The quantitative estimate of drug-likeness (QED) is 0.775. The maximum Gasteiger partial charge on any atom is 0.225 e. The van der Waals surface area contributed by atoms with Gasteiger partial charge in [-0.3, -0.25) is 4.79 Å². The van der Waals surface area contributed by atoms with Crippen LogP contribution in [0.25, 0.3) is 0 Å². The summed E-state index contributed by atoms with van der Waals surface area (Å²) >= 11 is 0. The molecule has 3 atom stereocenters. The lowest BCUT2D eigenvalue weighted by molar-refractivity contribution is -0.139. The Morgan fingerprint density at radius 3 is 2.59 bits per heavy atom. The number of nitrogens with two attached hydrogens (primary N) is 1. The van der Waals surface area contributed by atoms with Gasteiger partial charge in [0, 0.05) is 25.6 Å². The van der Waals surface area contributed by atoms with Crippen molar-refractivity contribution in [1.29, 1.82) is 0 Å². The van der Waals surface area contributed by atoms with E-state index in [0.29, 0.717) is 6.54 Å². The summed E-state index contributed by atoms with van der Waals surface area (Å²) in [5.74, 6) is 0.376. The van der Waals surface area contributed by atoms with Gasteiger partial charge in [-0.05, 0) is 32.6 Å². The molecule has 3 N–H and O–H groups in total. The summed E-state index contributed by atoms with van der Waals surface area (Å²) in [5, 5.41) is 9.73. The van der Waals surface area contributed by atoms with Gasteiger partial charge in [0.1, 0.15) is 0 Å². The van der Waals surface area contributed by atoms with E-state index in [9.17, 15) is 9.90 Å². The van der Waals surface area contributed by atoms with Crippen molar-refractivity contribution in [2.24, 2.45) is 17.6 Å². The van der Waals surface area contributed by atoms with Gasteiger partial charge >= 0.3 is 0 Å². The largest absolute Gasteiger partial charge is 0.389 e. The molecule has 0 spiro atoms. The van der Waals surface area contributed by atoms with Crippen LogP contribution in [0.5, 0.6) is 0 Å². The summed E-state index contributed by atoms with van der Waals surface area (Å²) in [6.45, 7) is 5.86. The van der Waals surface area contributed by atoms with E-state index in [1.807, 2.05) is 0 Å². The lowest BCUT2D eigenvalue weighted by Crippen LogP contribution is -2.47. The normalized spacial score (nSPS) is 30.1. The average molecular weight is 242 g/mol. The second-order valence-corrected chi connectivity index (χ2v) is 6.07. The summed E-state index contributed by atoms with van der Waals surface area (Å²) in [6.07, 6.45) is 2.96. The third-order valence-electron chi connectivity index (χ3n) is 3.68. The number of likely N-dealkylation sites (N-methyl/N-ethyl adjacent to an activating group) is 1. The summed E-state index contributed by atoms with van der Waals surface area (Å²) in [7, 11) is 1.76. The molecule has 1 aliphatic carbocycles. The van der Waals surface area contributed by atoms with Crippen LogP contribution in [0.2, 0.25) is 0 Å². The van der Waals surface area contributed by atoms with Crippen molar-refractivity contribution in [3.05, 3.63) is 0 Å². The molecule has 17 heavy (non-hydrogen) atoms. The van der Waals surface area contributed by atoms with Gasteiger partial charge < -0.3 is 15.7 Å². The molecular formula is C13H26N2O2. The van der Waals surface area contributed by atoms with Crippen molar-refractivity contribution < 1.29 is 9.90 Å². The van der Waals surface area contributed by atoms with Crippen molar-refractivity contribution in [3.8, 4) is 0 Å².